The first-order valence-corrected chi connectivity index (χ1v) is 7.92. The molecule has 1 fully saturated rings. The van der Waals surface area contributed by atoms with Gasteiger partial charge in [-0.05, 0) is 57.2 Å². The lowest BCUT2D eigenvalue weighted by molar-refractivity contribution is 0.301. The smallest absolute Gasteiger partial charge is 0.133 e. The topological polar surface area (TPSA) is 28.2 Å². The van der Waals surface area contributed by atoms with Crippen LogP contribution in [0.3, 0.4) is 0 Å². The lowest BCUT2D eigenvalue weighted by Gasteiger charge is -2.28. The van der Waals surface area contributed by atoms with E-state index in [9.17, 15) is 0 Å². The van der Waals surface area contributed by atoms with Crippen LogP contribution in [0, 0.1) is 19.3 Å². The number of hydrogen-bond acceptors (Lipinski definition) is 3. The van der Waals surface area contributed by atoms with Crippen molar-refractivity contribution in [3.05, 3.63) is 22.9 Å². The molecule has 0 spiro atoms. The first-order chi connectivity index (χ1) is 9.55. The van der Waals surface area contributed by atoms with Crippen molar-refractivity contribution >= 4 is 5.82 Å². The largest absolute Gasteiger partial charge is 0.356 e. The van der Waals surface area contributed by atoms with E-state index in [2.05, 4.69) is 44.0 Å². The molecule has 0 saturated carbocycles. The third-order valence-electron chi connectivity index (χ3n) is 5.04. The third kappa shape index (κ3) is 2.83. The first-order valence-electron chi connectivity index (χ1n) is 7.92. The first kappa shape index (κ1) is 15.3. The molecular weight excluding hydrogens is 246 g/mol. The summed E-state index contributed by atoms with van der Waals surface area (Å²) in [6.45, 7) is 12.2. The minimum atomic E-state index is 0.496. The summed E-state index contributed by atoms with van der Waals surface area (Å²) < 4.78 is 0. The van der Waals surface area contributed by atoms with Crippen molar-refractivity contribution in [1.29, 1.82) is 0 Å². The second-order valence-corrected chi connectivity index (χ2v) is 6.29. The van der Waals surface area contributed by atoms with E-state index >= 15 is 0 Å². The molecule has 1 aromatic rings. The average molecular weight is 275 g/mol. The van der Waals surface area contributed by atoms with Crippen molar-refractivity contribution in [2.45, 2.75) is 53.5 Å². The molecule has 3 heteroatoms. The van der Waals surface area contributed by atoms with E-state index in [0.717, 1.165) is 25.3 Å². The summed E-state index contributed by atoms with van der Waals surface area (Å²) in [5, 5.41) is 3.29. The number of hydrogen-bond donors (Lipinski definition) is 1. The highest BCUT2D eigenvalue weighted by Crippen LogP contribution is 2.39. The van der Waals surface area contributed by atoms with Crippen LogP contribution >= 0.6 is 0 Å². The van der Waals surface area contributed by atoms with Gasteiger partial charge in [0, 0.05) is 30.9 Å². The Balaban J connectivity index is 2.33. The number of pyridine rings is 1. The average Bonchev–Trinajstić information content (AvgIpc) is 2.86. The van der Waals surface area contributed by atoms with Gasteiger partial charge in [0.1, 0.15) is 5.82 Å². The highest BCUT2D eigenvalue weighted by Gasteiger charge is 2.36. The van der Waals surface area contributed by atoms with Crippen molar-refractivity contribution in [3.63, 3.8) is 0 Å². The van der Waals surface area contributed by atoms with Gasteiger partial charge in [-0.1, -0.05) is 13.8 Å². The molecule has 2 heterocycles. The number of aromatic nitrogens is 1. The molecule has 0 aliphatic carbocycles. The SMILES string of the molecule is CCC1(CC)CCN(c2nc(C)cc(C)c2CNC)C1. The predicted octanol–water partition coefficient (Wildman–Crippen LogP) is 3.43. The van der Waals surface area contributed by atoms with E-state index in [4.69, 9.17) is 4.98 Å². The molecule has 0 atom stereocenters. The van der Waals surface area contributed by atoms with Crippen molar-refractivity contribution in [2.75, 3.05) is 25.0 Å². The van der Waals surface area contributed by atoms with Crippen LogP contribution in [0.4, 0.5) is 5.82 Å². The summed E-state index contributed by atoms with van der Waals surface area (Å²) in [7, 11) is 2.01. The third-order valence-corrected chi connectivity index (χ3v) is 5.04. The van der Waals surface area contributed by atoms with E-state index in [-0.39, 0.29) is 0 Å². The van der Waals surface area contributed by atoms with Crippen molar-refractivity contribution in [2.24, 2.45) is 5.41 Å². The van der Waals surface area contributed by atoms with Crippen LogP contribution in [0.15, 0.2) is 6.07 Å². The van der Waals surface area contributed by atoms with Crippen molar-refractivity contribution in [1.82, 2.24) is 10.3 Å². The van der Waals surface area contributed by atoms with Crippen LogP contribution < -0.4 is 10.2 Å². The molecule has 1 aliphatic heterocycles. The van der Waals surface area contributed by atoms with Gasteiger partial charge in [0.2, 0.25) is 0 Å². The molecule has 0 aromatic carbocycles. The molecule has 1 N–H and O–H groups in total. The highest BCUT2D eigenvalue weighted by atomic mass is 15.2. The quantitative estimate of drug-likeness (QED) is 0.892. The Bertz CT molecular complexity index is 464. The Hall–Kier alpha value is -1.09. The highest BCUT2D eigenvalue weighted by molar-refractivity contribution is 5.52. The van der Waals surface area contributed by atoms with Crippen molar-refractivity contribution < 1.29 is 0 Å². The van der Waals surface area contributed by atoms with Crippen LogP contribution in [0.5, 0.6) is 0 Å². The zero-order chi connectivity index (χ0) is 14.8. The Morgan fingerprint density at radius 1 is 1.30 bits per heavy atom. The van der Waals surface area contributed by atoms with E-state index in [1.54, 1.807) is 0 Å². The maximum atomic E-state index is 4.85. The van der Waals surface area contributed by atoms with E-state index < -0.39 is 0 Å². The van der Waals surface area contributed by atoms with Crippen molar-refractivity contribution in [3.8, 4) is 0 Å². The molecule has 1 saturated heterocycles. The summed E-state index contributed by atoms with van der Waals surface area (Å²) in [5.41, 5.74) is 4.34. The van der Waals surface area contributed by atoms with Gasteiger partial charge in [-0.25, -0.2) is 4.98 Å². The van der Waals surface area contributed by atoms with Crippen LogP contribution in [0.1, 0.15) is 49.9 Å². The monoisotopic (exact) mass is 275 g/mol. The van der Waals surface area contributed by atoms with Gasteiger partial charge in [-0.3, -0.25) is 0 Å². The fourth-order valence-corrected chi connectivity index (χ4v) is 3.44. The summed E-state index contributed by atoms with van der Waals surface area (Å²) in [6.07, 6.45) is 3.84. The fraction of sp³-hybridized carbons (Fsp3) is 0.706. The van der Waals surface area contributed by atoms with E-state index in [1.165, 1.54) is 36.2 Å². The Kier molecular flexibility index (Phi) is 4.69. The lowest BCUT2D eigenvalue weighted by atomic mass is 9.82. The molecule has 0 radical (unpaired) electrons. The number of rotatable bonds is 5. The molecule has 2 rings (SSSR count). The predicted molar refractivity (Wildman–Crippen MR) is 86.3 cm³/mol. The Morgan fingerprint density at radius 2 is 2.00 bits per heavy atom. The molecular formula is C17H29N3. The zero-order valence-electron chi connectivity index (χ0n) is 13.7. The number of aryl methyl sites for hydroxylation is 2. The number of nitrogens with zero attached hydrogens (tertiary/aromatic N) is 2. The van der Waals surface area contributed by atoms with Gasteiger partial charge in [-0.15, -0.1) is 0 Å². The summed E-state index contributed by atoms with van der Waals surface area (Å²) in [6, 6.07) is 2.19. The summed E-state index contributed by atoms with van der Waals surface area (Å²) in [5.74, 6) is 1.21. The van der Waals surface area contributed by atoms with Gasteiger partial charge in [-0.2, -0.15) is 0 Å². The van der Waals surface area contributed by atoms with Gasteiger partial charge in [0.05, 0.1) is 0 Å². The normalized spacial score (nSPS) is 17.8. The molecule has 0 amide bonds. The van der Waals surface area contributed by atoms with Gasteiger partial charge < -0.3 is 10.2 Å². The molecule has 112 valence electrons. The van der Waals surface area contributed by atoms with Gasteiger partial charge in [0.25, 0.3) is 0 Å². The molecule has 20 heavy (non-hydrogen) atoms. The molecule has 0 bridgehead atoms. The lowest BCUT2D eigenvalue weighted by Crippen LogP contribution is -2.28. The van der Waals surface area contributed by atoms with Crippen LogP contribution in [-0.2, 0) is 6.54 Å². The summed E-state index contributed by atoms with van der Waals surface area (Å²) >= 11 is 0. The zero-order valence-corrected chi connectivity index (χ0v) is 13.7. The minimum Gasteiger partial charge on any atom is -0.356 e. The fourth-order valence-electron chi connectivity index (χ4n) is 3.44. The maximum Gasteiger partial charge on any atom is 0.133 e. The summed E-state index contributed by atoms with van der Waals surface area (Å²) in [4.78, 5) is 7.37. The second kappa shape index (κ2) is 6.13. The molecule has 3 nitrogen and oxygen atoms in total. The maximum absolute atomic E-state index is 4.85. The Morgan fingerprint density at radius 3 is 2.55 bits per heavy atom. The van der Waals surface area contributed by atoms with Gasteiger partial charge >= 0.3 is 0 Å². The number of anilines is 1. The van der Waals surface area contributed by atoms with Crippen LogP contribution in [0.2, 0.25) is 0 Å². The minimum absolute atomic E-state index is 0.496. The molecule has 1 aromatic heterocycles. The van der Waals surface area contributed by atoms with Gasteiger partial charge in [0.15, 0.2) is 0 Å². The van der Waals surface area contributed by atoms with E-state index in [0.29, 0.717) is 5.41 Å². The standard InChI is InChI=1S/C17H29N3/c1-6-17(7-2)8-9-20(12-17)16-15(11-18-5)13(3)10-14(4)19-16/h10,18H,6-9,11-12H2,1-5H3. The Labute approximate surface area is 123 Å². The van der Waals surface area contributed by atoms with E-state index in [1.807, 2.05) is 7.05 Å². The molecule has 0 unspecified atom stereocenters. The second-order valence-electron chi connectivity index (χ2n) is 6.29. The molecule has 1 aliphatic rings. The van der Waals surface area contributed by atoms with Crippen LogP contribution in [0.25, 0.3) is 0 Å². The number of nitrogens with one attached hydrogen (secondary N) is 1. The van der Waals surface area contributed by atoms with Crippen LogP contribution in [-0.4, -0.2) is 25.1 Å².